The molecule has 5 nitrogen and oxygen atoms in total. The number of nitrogens with zero attached hydrogens (tertiary/aromatic N) is 1. The zero-order chi connectivity index (χ0) is 15.6. The van der Waals surface area contributed by atoms with E-state index >= 15 is 0 Å². The molecule has 0 fully saturated rings. The first-order valence-corrected chi connectivity index (χ1v) is 8.62. The molecule has 1 heterocycles. The van der Waals surface area contributed by atoms with E-state index in [1.807, 2.05) is 13.0 Å². The number of nitrogens with one attached hydrogen (secondary N) is 2. The van der Waals surface area contributed by atoms with Crippen LogP contribution in [-0.2, 0) is 10.0 Å². The minimum atomic E-state index is -3.75. The van der Waals surface area contributed by atoms with Crippen LogP contribution in [0.2, 0.25) is 5.02 Å². The summed E-state index contributed by atoms with van der Waals surface area (Å²) in [5.41, 5.74) is 1.39. The Balaban J connectivity index is 2.39. The fraction of sp³-hybridized carbons (Fsp3) is 0.154. The summed E-state index contributed by atoms with van der Waals surface area (Å²) in [7, 11) is -2.10. The lowest BCUT2D eigenvalue weighted by Crippen LogP contribution is -2.14. The second-order valence-electron chi connectivity index (χ2n) is 4.29. The highest BCUT2D eigenvalue weighted by Gasteiger charge is 2.18. The van der Waals surface area contributed by atoms with Crippen molar-refractivity contribution in [2.24, 2.45) is 0 Å². The third-order valence-corrected chi connectivity index (χ3v) is 5.47. The molecule has 0 unspecified atom stereocenters. The van der Waals surface area contributed by atoms with Crippen LogP contribution in [0, 0.1) is 6.92 Å². The van der Waals surface area contributed by atoms with E-state index in [0.717, 1.165) is 5.56 Å². The first kappa shape index (κ1) is 16.1. The smallest absolute Gasteiger partial charge is 0.263 e. The molecule has 0 saturated heterocycles. The fourth-order valence-electron chi connectivity index (χ4n) is 1.68. The van der Waals surface area contributed by atoms with Gasteiger partial charge in [0.2, 0.25) is 0 Å². The summed E-state index contributed by atoms with van der Waals surface area (Å²) < 4.78 is 27.9. The summed E-state index contributed by atoms with van der Waals surface area (Å²) >= 11 is 9.33. The zero-order valence-corrected chi connectivity index (χ0v) is 14.5. The summed E-state index contributed by atoms with van der Waals surface area (Å²) in [6.45, 7) is 1.88. The van der Waals surface area contributed by atoms with Gasteiger partial charge < -0.3 is 5.32 Å². The maximum absolute atomic E-state index is 12.4. The third-order valence-electron chi connectivity index (χ3n) is 2.80. The lowest BCUT2D eigenvalue weighted by atomic mass is 10.2. The lowest BCUT2D eigenvalue weighted by molar-refractivity contribution is 0.601. The molecule has 1 aromatic carbocycles. The van der Waals surface area contributed by atoms with Gasteiger partial charge in [0.05, 0.1) is 10.7 Å². The standard InChI is InChI=1S/C13H13BrClN3O2S/c1-8-4-3-5-11(12(8)14)18-21(19,20)9-6-10(15)13(16-2)17-7-9/h3-7,18H,1-2H3,(H,16,17). The molecular weight excluding hydrogens is 378 g/mol. The van der Waals surface area contributed by atoms with Crippen molar-refractivity contribution < 1.29 is 8.42 Å². The topological polar surface area (TPSA) is 71.1 Å². The Bertz CT molecular complexity index is 781. The summed E-state index contributed by atoms with van der Waals surface area (Å²) in [5.74, 6) is 0.423. The van der Waals surface area contributed by atoms with Crippen LogP contribution in [0.4, 0.5) is 11.5 Å². The highest BCUT2D eigenvalue weighted by atomic mass is 79.9. The predicted molar refractivity (Wildman–Crippen MR) is 88.5 cm³/mol. The monoisotopic (exact) mass is 389 g/mol. The van der Waals surface area contributed by atoms with Crippen LogP contribution in [0.3, 0.4) is 0 Å². The molecule has 0 aliphatic carbocycles. The van der Waals surface area contributed by atoms with Crippen molar-refractivity contribution in [3.8, 4) is 0 Å². The van der Waals surface area contributed by atoms with Gasteiger partial charge in [-0.2, -0.15) is 0 Å². The first-order chi connectivity index (χ1) is 9.85. The van der Waals surface area contributed by atoms with E-state index in [0.29, 0.717) is 16.0 Å². The van der Waals surface area contributed by atoms with E-state index < -0.39 is 10.0 Å². The lowest BCUT2D eigenvalue weighted by Gasteiger charge is -2.12. The number of halogens is 2. The fourth-order valence-corrected chi connectivity index (χ4v) is 3.54. The van der Waals surface area contributed by atoms with Crippen molar-refractivity contribution in [3.63, 3.8) is 0 Å². The number of rotatable bonds is 4. The Labute approximate surface area is 136 Å². The number of hydrogen-bond acceptors (Lipinski definition) is 4. The van der Waals surface area contributed by atoms with Gasteiger partial charge in [-0.15, -0.1) is 0 Å². The minimum Gasteiger partial charge on any atom is -0.372 e. The van der Waals surface area contributed by atoms with Crippen molar-refractivity contribution in [3.05, 3.63) is 45.5 Å². The molecule has 0 aliphatic heterocycles. The van der Waals surface area contributed by atoms with E-state index in [2.05, 4.69) is 31.0 Å². The number of anilines is 2. The molecule has 0 saturated carbocycles. The highest BCUT2D eigenvalue weighted by molar-refractivity contribution is 9.10. The molecule has 0 aliphatic rings. The number of aryl methyl sites for hydroxylation is 1. The summed E-state index contributed by atoms with van der Waals surface area (Å²) in [6, 6.07) is 6.67. The summed E-state index contributed by atoms with van der Waals surface area (Å²) in [5, 5.41) is 3.01. The SMILES string of the molecule is CNc1ncc(S(=O)(=O)Nc2cccc(C)c2Br)cc1Cl. The molecule has 0 bridgehead atoms. The third kappa shape index (κ3) is 3.48. The number of pyridine rings is 1. The molecule has 1 aromatic heterocycles. The van der Waals surface area contributed by atoms with E-state index in [4.69, 9.17) is 11.6 Å². The van der Waals surface area contributed by atoms with E-state index in [-0.39, 0.29) is 9.92 Å². The van der Waals surface area contributed by atoms with E-state index in [1.54, 1.807) is 19.2 Å². The molecule has 8 heteroatoms. The van der Waals surface area contributed by atoms with Crippen LogP contribution in [0.1, 0.15) is 5.56 Å². The molecule has 0 spiro atoms. The van der Waals surface area contributed by atoms with Gasteiger partial charge in [0, 0.05) is 17.7 Å². The molecular formula is C13H13BrClN3O2S. The van der Waals surface area contributed by atoms with Crippen molar-refractivity contribution in [1.82, 2.24) is 4.98 Å². The van der Waals surface area contributed by atoms with E-state index in [9.17, 15) is 8.42 Å². The molecule has 0 amide bonds. The van der Waals surface area contributed by atoms with Gasteiger partial charge in [0.15, 0.2) is 0 Å². The van der Waals surface area contributed by atoms with Crippen molar-refractivity contribution in [2.45, 2.75) is 11.8 Å². The van der Waals surface area contributed by atoms with Gasteiger partial charge in [-0.1, -0.05) is 23.7 Å². The quantitative estimate of drug-likeness (QED) is 0.836. The van der Waals surface area contributed by atoms with Gasteiger partial charge in [0.25, 0.3) is 10.0 Å². The first-order valence-electron chi connectivity index (χ1n) is 5.96. The Morgan fingerprint density at radius 2 is 2.05 bits per heavy atom. The average Bonchev–Trinajstić information content (AvgIpc) is 2.43. The molecule has 0 radical (unpaired) electrons. The number of hydrogen-bond donors (Lipinski definition) is 2. The zero-order valence-electron chi connectivity index (χ0n) is 11.3. The molecule has 2 N–H and O–H groups in total. The second kappa shape index (κ2) is 6.21. The highest BCUT2D eigenvalue weighted by Crippen LogP contribution is 2.29. The summed E-state index contributed by atoms with van der Waals surface area (Å²) in [4.78, 5) is 3.97. The van der Waals surface area contributed by atoms with Crippen LogP contribution < -0.4 is 10.0 Å². The van der Waals surface area contributed by atoms with Gasteiger partial charge in [-0.25, -0.2) is 13.4 Å². The van der Waals surface area contributed by atoms with Gasteiger partial charge in [-0.3, -0.25) is 4.72 Å². The molecule has 0 atom stereocenters. The Kier molecular flexibility index (Phi) is 4.75. The number of sulfonamides is 1. The van der Waals surface area contributed by atoms with Crippen molar-refractivity contribution in [1.29, 1.82) is 0 Å². The maximum Gasteiger partial charge on any atom is 0.263 e. The maximum atomic E-state index is 12.4. The van der Waals surface area contributed by atoms with Crippen molar-refractivity contribution in [2.75, 3.05) is 17.1 Å². The largest absolute Gasteiger partial charge is 0.372 e. The number of benzene rings is 1. The predicted octanol–water partition coefficient (Wildman–Crippen LogP) is 3.65. The van der Waals surface area contributed by atoms with Gasteiger partial charge >= 0.3 is 0 Å². The van der Waals surface area contributed by atoms with Crippen LogP contribution in [0.15, 0.2) is 39.8 Å². The minimum absolute atomic E-state index is 0.0000869. The van der Waals surface area contributed by atoms with E-state index in [1.165, 1.54) is 12.3 Å². The van der Waals surface area contributed by atoms with Gasteiger partial charge in [-0.05, 0) is 40.5 Å². The summed E-state index contributed by atoms with van der Waals surface area (Å²) in [6.07, 6.45) is 1.25. The molecule has 2 rings (SSSR count). The van der Waals surface area contributed by atoms with Gasteiger partial charge in [0.1, 0.15) is 10.7 Å². The average molecular weight is 391 g/mol. The normalized spacial score (nSPS) is 11.2. The number of aromatic nitrogens is 1. The van der Waals surface area contributed by atoms with Crippen LogP contribution >= 0.6 is 27.5 Å². The van der Waals surface area contributed by atoms with Crippen molar-refractivity contribution >= 4 is 49.1 Å². The second-order valence-corrected chi connectivity index (χ2v) is 7.18. The Morgan fingerprint density at radius 3 is 2.67 bits per heavy atom. The molecule has 112 valence electrons. The van der Waals surface area contributed by atoms with Crippen LogP contribution in [-0.4, -0.2) is 20.4 Å². The molecule has 2 aromatic rings. The molecule has 21 heavy (non-hydrogen) atoms. The Morgan fingerprint density at radius 1 is 1.33 bits per heavy atom. The van der Waals surface area contributed by atoms with Crippen LogP contribution in [0.25, 0.3) is 0 Å². The Hall–Kier alpha value is -1.31. The van der Waals surface area contributed by atoms with Crippen LogP contribution in [0.5, 0.6) is 0 Å².